The van der Waals surface area contributed by atoms with E-state index in [1.807, 2.05) is 0 Å². The molecule has 4 aliphatic rings. The van der Waals surface area contributed by atoms with Gasteiger partial charge in [0.15, 0.2) is 5.78 Å². The summed E-state index contributed by atoms with van der Waals surface area (Å²) in [5, 5.41) is 0. The summed E-state index contributed by atoms with van der Waals surface area (Å²) in [4.78, 5) is 14.8. The van der Waals surface area contributed by atoms with E-state index < -0.39 is 0 Å². The van der Waals surface area contributed by atoms with Crippen molar-refractivity contribution in [1.82, 2.24) is 4.90 Å². The Morgan fingerprint density at radius 2 is 1.78 bits per heavy atom. The van der Waals surface area contributed by atoms with E-state index in [-0.39, 0.29) is 5.41 Å². The van der Waals surface area contributed by atoms with E-state index in [0.717, 1.165) is 54.9 Å². The van der Waals surface area contributed by atoms with Crippen LogP contribution in [0, 0.1) is 52.3 Å². The fraction of sp³-hybridized carbons (Fsp3) is 0.900. The third-order valence-electron chi connectivity index (χ3n) is 10.9. The van der Waals surface area contributed by atoms with Gasteiger partial charge in [0.25, 0.3) is 0 Å². The molecule has 4 aliphatic carbocycles. The van der Waals surface area contributed by atoms with Gasteiger partial charge in [-0.2, -0.15) is 0 Å². The second-order valence-electron chi connectivity index (χ2n) is 13.6. The molecule has 0 radical (unpaired) electrons. The third-order valence-corrected chi connectivity index (χ3v) is 10.9. The van der Waals surface area contributed by atoms with Crippen LogP contribution in [0.3, 0.4) is 0 Å². The van der Waals surface area contributed by atoms with E-state index in [0.29, 0.717) is 17.1 Å². The molecule has 3 saturated carbocycles. The Bertz CT molecular complexity index is 722. The van der Waals surface area contributed by atoms with Gasteiger partial charge in [-0.3, -0.25) is 4.79 Å². The zero-order chi connectivity index (χ0) is 23.3. The first-order chi connectivity index (χ1) is 15.1. The maximum Gasteiger partial charge on any atom is 0.155 e. The molecule has 2 nitrogen and oxygen atoms in total. The molecule has 0 aromatic rings. The topological polar surface area (TPSA) is 20.3 Å². The van der Waals surface area contributed by atoms with Crippen LogP contribution in [-0.4, -0.2) is 31.3 Å². The van der Waals surface area contributed by atoms with Gasteiger partial charge in [0.1, 0.15) is 0 Å². The van der Waals surface area contributed by atoms with E-state index in [4.69, 9.17) is 0 Å². The van der Waals surface area contributed by atoms with Gasteiger partial charge < -0.3 is 4.90 Å². The molecule has 1 unspecified atom stereocenters. The van der Waals surface area contributed by atoms with Crippen LogP contribution in [0.15, 0.2) is 11.6 Å². The maximum atomic E-state index is 12.4. The molecule has 182 valence electrons. The normalized spacial score (nSPS) is 42.5. The van der Waals surface area contributed by atoms with Crippen molar-refractivity contribution < 1.29 is 4.79 Å². The van der Waals surface area contributed by atoms with Crippen LogP contribution >= 0.6 is 0 Å². The van der Waals surface area contributed by atoms with Crippen LogP contribution in [-0.2, 0) is 4.79 Å². The predicted octanol–water partition coefficient (Wildman–Crippen LogP) is 7.38. The number of hydrogen-bond acceptors (Lipinski definition) is 2. The number of rotatable bonds is 7. The van der Waals surface area contributed by atoms with Gasteiger partial charge in [0.2, 0.25) is 0 Å². The molecule has 3 fully saturated rings. The first kappa shape index (κ1) is 24.5. The van der Waals surface area contributed by atoms with Crippen LogP contribution in [0.25, 0.3) is 0 Å². The molecule has 0 bridgehead atoms. The van der Waals surface area contributed by atoms with Crippen molar-refractivity contribution in [3.63, 3.8) is 0 Å². The van der Waals surface area contributed by atoms with Crippen LogP contribution in [0.1, 0.15) is 98.8 Å². The SMILES string of the molecule is CC(C)CCC[C@@H](C)[C@H]1CC[C@H]2[C@@H]3CC(CN(C)C)C4=CC(=O)CC[C@]4(C)[C@H]3CC[C@]12C. The summed E-state index contributed by atoms with van der Waals surface area (Å²) < 4.78 is 0. The minimum absolute atomic E-state index is 0.264. The number of ketones is 1. The van der Waals surface area contributed by atoms with Gasteiger partial charge in [0.05, 0.1) is 0 Å². The molecule has 0 amide bonds. The smallest absolute Gasteiger partial charge is 0.155 e. The highest BCUT2D eigenvalue weighted by molar-refractivity contribution is 5.91. The summed E-state index contributed by atoms with van der Waals surface area (Å²) in [6.07, 6.45) is 15.3. The van der Waals surface area contributed by atoms with Gasteiger partial charge >= 0.3 is 0 Å². The summed E-state index contributed by atoms with van der Waals surface area (Å²) in [6.45, 7) is 13.7. The molecule has 0 aliphatic heterocycles. The van der Waals surface area contributed by atoms with Crippen LogP contribution in [0.5, 0.6) is 0 Å². The van der Waals surface area contributed by atoms with Crippen molar-refractivity contribution in [2.24, 2.45) is 52.3 Å². The largest absolute Gasteiger partial charge is 0.309 e. The lowest BCUT2D eigenvalue weighted by Crippen LogP contribution is -2.54. The third kappa shape index (κ3) is 4.27. The fourth-order valence-electron chi connectivity index (χ4n) is 9.42. The average Bonchev–Trinajstić information content (AvgIpc) is 3.06. The molecule has 0 heterocycles. The lowest BCUT2D eigenvalue weighted by Gasteiger charge is -2.60. The zero-order valence-electron chi connectivity index (χ0n) is 22.3. The summed E-state index contributed by atoms with van der Waals surface area (Å²) >= 11 is 0. The van der Waals surface area contributed by atoms with Crippen molar-refractivity contribution in [2.45, 2.75) is 98.8 Å². The summed E-state index contributed by atoms with van der Waals surface area (Å²) in [5.41, 5.74) is 2.34. The molecule has 2 heteroatoms. The Hall–Kier alpha value is -0.630. The summed E-state index contributed by atoms with van der Waals surface area (Å²) in [7, 11) is 4.42. The Morgan fingerprint density at radius 3 is 2.47 bits per heavy atom. The van der Waals surface area contributed by atoms with Crippen LogP contribution in [0.4, 0.5) is 0 Å². The van der Waals surface area contributed by atoms with Gasteiger partial charge in [-0.1, -0.05) is 59.5 Å². The van der Waals surface area contributed by atoms with Gasteiger partial charge in [-0.05, 0) is 111 Å². The summed E-state index contributed by atoms with van der Waals surface area (Å²) in [6, 6.07) is 0. The molecule has 0 aromatic heterocycles. The molecule has 32 heavy (non-hydrogen) atoms. The number of carbonyl (C=O) groups excluding carboxylic acids is 1. The first-order valence-electron chi connectivity index (χ1n) is 14.0. The molecular formula is C30H51NO. The van der Waals surface area contributed by atoms with E-state index in [9.17, 15) is 4.79 Å². The molecule has 0 spiro atoms. The van der Waals surface area contributed by atoms with E-state index in [1.165, 1.54) is 56.9 Å². The second-order valence-corrected chi connectivity index (χ2v) is 13.6. The first-order valence-corrected chi connectivity index (χ1v) is 14.0. The second kappa shape index (κ2) is 9.20. The fourth-order valence-corrected chi connectivity index (χ4v) is 9.42. The molecule has 8 atom stereocenters. The van der Waals surface area contributed by atoms with Gasteiger partial charge in [-0.25, -0.2) is 0 Å². The van der Waals surface area contributed by atoms with Gasteiger partial charge in [-0.15, -0.1) is 0 Å². The highest BCUT2D eigenvalue weighted by atomic mass is 16.1. The minimum Gasteiger partial charge on any atom is -0.309 e. The Labute approximate surface area is 199 Å². The quantitative estimate of drug-likeness (QED) is 0.410. The van der Waals surface area contributed by atoms with Crippen molar-refractivity contribution in [1.29, 1.82) is 0 Å². The molecule has 4 rings (SSSR count). The standard InChI is InChI=1S/C30H51NO/c1-20(2)9-8-10-21(3)25-11-12-26-24-17-22(19-31(6)7)28-18-23(32)13-15-30(28,5)27(24)14-16-29(25,26)4/h18,20-22,24-27H,8-17,19H2,1-7H3/t21-,22?,24+,25-,26+,27+,29-,30-/m1/s1. The lowest BCUT2D eigenvalue weighted by atomic mass is 9.44. The number of nitrogens with zero attached hydrogens (tertiary/aromatic N) is 1. The van der Waals surface area contributed by atoms with E-state index in [2.05, 4.69) is 59.7 Å². The summed E-state index contributed by atoms with van der Waals surface area (Å²) in [5.74, 6) is 6.16. The Kier molecular flexibility index (Phi) is 7.04. The lowest BCUT2D eigenvalue weighted by molar-refractivity contribution is -0.118. The van der Waals surface area contributed by atoms with Crippen LogP contribution in [0.2, 0.25) is 0 Å². The monoisotopic (exact) mass is 441 g/mol. The molecule has 0 saturated heterocycles. The number of hydrogen-bond donors (Lipinski definition) is 0. The minimum atomic E-state index is 0.264. The van der Waals surface area contributed by atoms with Gasteiger partial charge in [0, 0.05) is 13.0 Å². The van der Waals surface area contributed by atoms with E-state index in [1.54, 1.807) is 0 Å². The molecule has 0 aromatic carbocycles. The van der Waals surface area contributed by atoms with Crippen molar-refractivity contribution >= 4 is 5.78 Å². The number of carbonyl (C=O) groups is 1. The Morgan fingerprint density at radius 1 is 1.03 bits per heavy atom. The molecular weight excluding hydrogens is 390 g/mol. The van der Waals surface area contributed by atoms with Crippen molar-refractivity contribution in [3.05, 3.63) is 11.6 Å². The highest BCUT2D eigenvalue weighted by Gasteiger charge is 2.60. The predicted molar refractivity (Wildman–Crippen MR) is 135 cm³/mol. The number of fused-ring (bicyclic) bond motifs is 5. The Balaban J connectivity index is 1.57. The van der Waals surface area contributed by atoms with E-state index >= 15 is 0 Å². The van der Waals surface area contributed by atoms with Crippen LogP contribution < -0.4 is 0 Å². The van der Waals surface area contributed by atoms with Crippen molar-refractivity contribution in [2.75, 3.05) is 20.6 Å². The maximum absolute atomic E-state index is 12.4. The van der Waals surface area contributed by atoms with Crippen molar-refractivity contribution in [3.8, 4) is 0 Å². The molecule has 0 N–H and O–H groups in total. The zero-order valence-corrected chi connectivity index (χ0v) is 22.3. The highest BCUT2D eigenvalue weighted by Crippen LogP contribution is 2.68. The average molecular weight is 442 g/mol.